The van der Waals surface area contributed by atoms with Gasteiger partial charge in [-0.05, 0) is 53.0 Å². The quantitative estimate of drug-likeness (QED) is 0.650. The molecule has 1 aromatic carbocycles. The first kappa shape index (κ1) is 26.5. The van der Waals surface area contributed by atoms with Crippen LogP contribution in [0.4, 0.5) is 4.79 Å². The van der Waals surface area contributed by atoms with E-state index in [2.05, 4.69) is 10.6 Å². The molecule has 7 heteroatoms. The van der Waals surface area contributed by atoms with Gasteiger partial charge in [-0.15, -0.1) is 0 Å². The number of carbonyl (C=O) groups is 3. The Morgan fingerprint density at radius 2 is 1.58 bits per heavy atom. The molecule has 3 atom stereocenters. The van der Waals surface area contributed by atoms with E-state index in [0.29, 0.717) is 12.0 Å². The Balaban J connectivity index is 3.24. The zero-order chi connectivity index (χ0) is 23.9. The molecule has 0 aliphatic carbocycles. The smallest absolute Gasteiger partial charge is 0.408 e. The summed E-state index contributed by atoms with van der Waals surface area (Å²) in [6.45, 7) is 14.8. The van der Waals surface area contributed by atoms with Crippen molar-refractivity contribution in [3.05, 3.63) is 35.4 Å². The summed E-state index contributed by atoms with van der Waals surface area (Å²) >= 11 is 0. The zero-order valence-electron chi connectivity index (χ0n) is 20.4. The van der Waals surface area contributed by atoms with Crippen LogP contribution < -0.4 is 10.6 Å². The van der Waals surface area contributed by atoms with Gasteiger partial charge in [-0.25, -0.2) is 4.79 Å². The maximum atomic E-state index is 13.5. The Labute approximate surface area is 186 Å². The van der Waals surface area contributed by atoms with Gasteiger partial charge in [-0.3, -0.25) is 9.59 Å². The molecule has 0 bridgehead atoms. The minimum atomic E-state index is -0.817. The Bertz CT molecular complexity index is 753. The number of hydrogen-bond acceptors (Lipinski definition) is 4. The second-order valence-corrected chi connectivity index (χ2v) is 9.44. The third-order valence-electron chi connectivity index (χ3n) is 4.96. The normalized spacial score (nSPS) is 14.4. The fourth-order valence-electron chi connectivity index (χ4n) is 3.13. The molecular formula is C24H39N3O4. The van der Waals surface area contributed by atoms with Crippen LogP contribution in [-0.2, 0) is 14.3 Å². The average molecular weight is 434 g/mol. The summed E-state index contributed by atoms with van der Waals surface area (Å²) in [6.07, 6.45) is 0.0195. The predicted octanol–water partition coefficient (Wildman–Crippen LogP) is 3.96. The number of benzene rings is 1. The number of likely N-dealkylation sites (N-methyl/N-ethyl adjacent to an activating group) is 1. The molecule has 0 saturated carbocycles. The molecule has 3 unspecified atom stereocenters. The van der Waals surface area contributed by atoms with Crippen LogP contribution in [0.5, 0.6) is 0 Å². The van der Waals surface area contributed by atoms with Crippen LogP contribution in [0.1, 0.15) is 72.1 Å². The molecule has 3 amide bonds. The van der Waals surface area contributed by atoms with Crippen molar-refractivity contribution in [2.45, 2.75) is 85.5 Å². The van der Waals surface area contributed by atoms with Crippen LogP contribution in [0.25, 0.3) is 0 Å². The summed E-state index contributed by atoms with van der Waals surface area (Å²) in [5.41, 5.74) is 1.09. The molecule has 0 aromatic heterocycles. The van der Waals surface area contributed by atoms with E-state index in [1.807, 2.05) is 58.9 Å². The van der Waals surface area contributed by atoms with E-state index < -0.39 is 23.8 Å². The molecule has 0 radical (unpaired) electrons. The van der Waals surface area contributed by atoms with Crippen molar-refractivity contribution in [3.63, 3.8) is 0 Å². The van der Waals surface area contributed by atoms with Gasteiger partial charge in [-0.1, -0.05) is 50.1 Å². The van der Waals surface area contributed by atoms with Gasteiger partial charge in [0.1, 0.15) is 17.7 Å². The van der Waals surface area contributed by atoms with E-state index >= 15 is 0 Å². The van der Waals surface area contributed by atoms with E-state index in [-0.39, 0.29) is 23.8 Å². The number of ether oxygens (including phenoxy) is 1. The highest BCUT2D eigenvalue weighted by Gasteiger charge is 2.36. The van der Waals surface area contributed by atoms with Gasteiger partial charge in [0.15, 0.2) is 0 Å². The largest absolute Gasteiger partial charge is 0.444 e. The van der Waals surface area contributed by atoms with Crippen LogP contribution in [-0.4, -0.2) is 47.5 Å². The molecule has 0 fully saturated rings. The van der Waals surface area contributed by atoms with Gasteiger partial charge in [-0.2, -0.15) is 0 Å². The first-order chi connectivity index (χ1) is 14.3. The molecule has 31 heavy (non-hydrogen) atoms. The molecule has 2 N–H and O–H groups in total. The van der Waals surface area contributed by atoms with Crippen LogP contribution in [0.3, 0.4) is 0 Å². The van der Waals surface area contributed by atoms with Crippen LogP contribution in [0.15, 0.2) is 24.3 Å². The van der Waals surface area contributed by atoms with Gasteiger partial charge in [0.05, 0.1) is 0 Å². The minimum absolute atomic E-state index is 0.0748. The SMILES string of the molecule is CCC(C)C(NC(=O)OC(C)(C)C)C(=O)N(C)C(C(=O)NC(C)C)c1ccc(C)cc1. The molecular weight excluding hydrogens is 394 g/mol. The van der Waals surface area contributed by atoms with Crippen molar-refractivity contribution in [2.24, 2.45) is 5.92 Å². The van der Waals surface area contributed by atoms with Gasteiger partial charge in [0.2, 0.25) is 11.8 Å². The summed E-state index contributed by atoms with van der Waals surface area (Å²) in [5, 5.41) is 5.62. The monoisotopic (exact) mass is 433 g/mol. The maximum absolute atomic E-state index is 13.5. The summed E-state index contributed by atoms with van der Waals surface area (Å²) in [5.74, 6) is -0.756. The highest BCUT2D eigenvalue weighted by Crippen LogP contribution is 2.23. The summed E-state index contributed by atoms with van der Waals surface area (Å²) in [6, 6.07) is 5.82. The lowest BCUT2D eigenvalue weighted by molar-refractivity contribution is -0.142. The molecule has 0 spiro atoms. The van der Waals surface area contributed by atoms with E-state index in [9.17, 15) is 14.4 Å². The van der Waals surface area contributed by atoms with E-state index in [4.69, 9.17) is 4.74 Å². The van der Waals surface area contributed by atoms with Gasteiger partial charge < -0.3 is 20.3 Å². The fraction of sp³-hybridized carbons (Fsp3) is 0.625. The van der Waals surface area contributed by atoms with Crippen molar-refractivity contribution in [1.29, 1.82) is 0 Å². The lowest BCUT2D eigenvalue weighted by atomic mass is 9.96. The van der Waals surface area contributed by atoms with Gasteiger partial charge in [0, 0.05) is 13.1 Å². The maximum Gasteiger partial charge on any atom is 0.408 e. The number of aryl methyl sites for hydroxylation is 1. The fourth-order valence-corrected chi connectivity index (χ4v) is 3.13. The zero-order valence-corrected chi connectivity index (χ0v) is 20.4. The summed E-state index contributed by atoms with van der Waals surface area (Å²) in [4.78, 5) is 40.3. The number of alkyl carbamates (subject to hydrolysis) is 1. The topological polar surface area (TPSA) is 87.7 Å². The van der Waals surface area contributed by atoms with E-state index in [1.54, 1.807) is 27.8 Å². The molecule has 7 nitrogen and oxygen atoms in total. The number of hydrogen-bond donors (Lipinski definition) is 2. The first-order valence-electron chi connectivity index (χ1n) is 10.9. The van der Waals surface area contributed by atoms with Crippen molar-refractivity contribution in [3.8, 4) is 0 Å². The Kier molecular flexibility index (Phi) is 9.53. The molecule has 0 saturated heterocycles. The molecule has 1 aromatic rings. The van der Waals surface area contributed by atoms with Crippen LogP contribution in [0, 0.1) is 12.8 Å². The van der Waals surface area contributed by atoms with Crippen molar-refractivity contribution in [2.75, 3.05) is 7.05 Å². The van der Waals surface area contributed by atoms with Gasteiger partial charge >= 0.3 is 6.09 Å². The molecule has 0 aliphatic rings. The highest BCUT2D eigenvalue weighted by atomic mass is 16.6. The predicted molar refractivity (Wildman–Crippen MR) is 123 cm³/mol. The molecule has 0 heterocycles. The second-order valence-electron chi connectivity index (χ2n) is 9.44. The highest BCUT2D eigenvalue weighted by molar-refractivity contribution is 5.92. The molecule has 1 rings (SSSR count). The van der Waals surface area contributed by atoms with Crippen molar-refractivity contribution < 1.29 is 19.1 Å². The van der Waals surface area contributed by atoms with Crippen LogP contribution in [0.2, 0.25) is 0 Å². The van der Waals surface area contributed by atoms with Gasteiger partial charge in [0.25, 0.3) is 0 Å². The number of rotatable bonds is 8. The summed E-state index contributed by atoms with van der Waals surface area (Å²) < 4.78 is 5.35. The first-order valence-corrected chi connectivity index (χ1v) is 10.9. The number of amides is 3. The Morgan fingerprint density at radius 3 is 2.03 bits per heavy atom. The summed E-state index contributed by atoms with van der Waals surface area (Å²) in [7, 11) is 1.60. The lowest BCUT2D eigenvalue weighted by Crippen LogP contribution is -2.54. The number of nitrogens with one attached hydrogen (secondary N) is 2. The lowest BCUT2D eigenvalue weighted by Gasteiger charge is -2.34. The van der Waals surface area contributed by atoms with Crippen LogP contribution >= 0.6 is 0 Å². The van der Waals surface area contributed by atoms with Crippen molar-refractivity contribution >= 4 is 17.9 Å². The third kappa shape index (κ3) is 8.23. The second kappa shape index (κ2) is 11.2. The minimum Gasteiger partial charge on any atom is -0.444 e. The number of nitrogens with zero attached hydrogens (tertiary/aromatic N) is 1. The molecule has 174 valence electrons. The standard InChI is InChI=1S/C24H39N3O4/c1-10-17(5)19(26-23(30)31-24(6,7)8)22(29)27(9)20(21(28)25-15(2)3)18-13-11-16(4)12-14-18/h11-15,17,19-20H,10H2,1-9H3,(H,25,28)(H,26,30). The van der Waals surface area contributed by atoms with E-state index in [0.717, 1.165) is 5.56 Å². The molecule has 0 aliphatic heterocycles. The Hall–Kier alpha value is -2.57. The average Bonchev–Trinajstić information content (AvgIpc) is 2.64. The third-order valence-corrected chi connectivity index (χ3v) is 4.96. The van der Waals surface area contributed by atoms with E-state index in [1.165, 1.54) is 4.90 Å². The number of carbonyl (C=O) groups excluding carboxylic acids is 3. The Morgan fingerprint density at radius 1 is 1.03 bits per heavy atom. The van der Waals surface area contributed by atoms with Crippen molar-refractivity contribution in [1.82, 2.24) is 15.5 Å².